The van der Waals surface area contributed by atoms with Crippen LogP contribution in [0.2, 0.25) is 5.02 Å². The number of aliphatic imine (C=N–C) groups is 1. The van der Waals surface area contributed by atoms with Gasteiger partial charge in [0, 0.05) is 50.0 Å². The van der Waals surface area contributed by atoms with Crippen LogP contribution in [0.25, 0.3) is 0 Å². The van der Waals surface area contributed by atoms with E-state index in [0.29, 0.717) is 24.5 Å². The van der Waals surface area contributed by atoms with Gasteiger partial charge in [-0.1, -0.05) is 17.7 Å². The average molecular weight is 523 g/mol. The van der Waals surface area contributed by atoms with Crippen molar-refractivity contribution in [3.8, 4) is 0 Å². The summed E-state index contributed by atoms with van der Waals surface area (Å²) in [5, 5.41) is 9.93. The lowest BCUT2D eigenvalue weighted by atomic mass is 10.2. The second-order valence-electron chi connectivity index (χ2n) is 6.77. The maximum Gasteiger partial charge on any atom is 0.226 e. The fourth-order valence-electron chi connectivity index (χ4n) is 2.48. The van der Waals surface area contributed by atoms with E-state index >= 15 is 0 Å². The summed E-state index contributed by atoms with van der Waals surface area (Å²) in [6.45, 7) is 7.54. The van der Waals surface area contributed by atoms with Gasteiger partial charge in [0.25, 0.3) is 0 Å². The quantitative estimate of drug-likeness (QED) is 0.178. The Morgan fingerprint density at radius 3 is 2.82 bits per heavy atom. The molecule has 1 fully saturated rings. The molecule has 0 saturated heterocycles. The average Bonchev–Trinajstić information content (AvgIpc) is 3.46. The molecule has 0 aliphatic heterocycles. The summed E-state index contributed by atoms with van der Waals surface area (Å²) < 4.78 is 5.61. The molecule has 3 N–H and O–H groups in total. The van der Waals surface area contributed by atoms with Gasteiger partial charge in [0.05, 0.1) is 0 Å². The summed E-state index contributed by atoms with van der Waals surface area (Å²) >= 11 is 6.08. The van der Waals surface area contributed by atoms with Crippen molar-refractivity contribution in [3.05, 3.63) is 28.8 Å². The molecule has 2 rings (SSSR count). The number of nitrogens with one attached hydrogen (secondary N) is 3. The summed E-state index contributed by atoms with van der Waals surface area (Å²) in [6, 6.07) is 5.49. The van der Waals surface area contributed by atoms with Gasteiger partial charge in [-0.05, 0) is 56.7 Å². The van der Waals surface area contributed by atoms with Crippen LogP contribution in [0.1, 0.15) is 38.2 Å². The smallest absolute Gasteiger partial charge is 0.226 e. The van der Waals surface area contributed by atoms with E-state index in [4.69, 9.17) is 16.3 Å². The number of anilines is 1. The Balaban J connectivity index is 0.00000392. The van der Waals surface area contributed by atoms with E-state index in [2.05, 4.69) is 20.9 Å². The van der Waals surface area contributed by atoms with Crippen LogP contribution < -0.4 is 16.0 Å². The third-order valence-electron chi connectivity index (χ3n) is 4.30. The van der Waals surface area contributed by atoms with Crippen LogP contribution in [0.3, 0.4) is 0 Å². The molecule has 158 valence electrons. The van der Waals surface area contributed by atoms with Gasteiger partial charge in [0.2, 0.25) is 5.91 Å². The molecule has 0 unspecified atom stereocenters. The minimum Gasteiger partial charge on any atom is -0.381 e. The number of carbonyl (C=O) groups excluding carboxylic acids is 1. The molecule has 1 aromatic carbocycles. The van der Waals surface area contributed by atoms with Gasteiger partial charge < -0.3 is 20.7 Å². The number of nitrogens with zero attached hydrogens (tertiary/aromatic N) is 1. The fraction of sp³-hybridized carbons (Fsp3) is 0.600. The van der Waals surface area contributed by atoms with Crippen molar-refractivity contribution < 1.29 is 9.53 Å². The number of guanidine groups is 1. The van der Waals surface area contributed by atoms with E-state index in [1.807, 2.05) is 32.0 Å². The zero-order valence-corrected chi connectivity index (χ0v) is 19.8. The van der Waals surface area contributed by atoms with E-state index in [1.54, 1.807) is 0 Å². The first-order valence-electron chi connectivity index (χ1n) is 9.75. The van der Waals surface area contributed by atoms with Gasteiger partial charge in [-0.15, -0.1) is 24.0 Å². The molecule has 1 saturated carbocycles. The second kappa shape index (κ2) is 14.0. The Morgan fingerprint density at radius 2 is 2.11 bits per heavy atom. The number of benzene rings is 1. The Kier molecular flexibility index (Phi) is 12.5. The normalized spacial score (nSPS) is 13.6. The molecule has 8 heteroatoms. The van der Waals surface area contributed by atoms with Crippen molar-refractivity contribution in [2.45, 2.75) is 39.5 Å². The fourth-order valence-corrected chi connectivity index (χ4v) is 2.66. The summed E-state index contributed by atoms with van der Waals surface area (Å²) in [7, 11) is 0. The van der Waals surface area contributed by atoms with Gasteiger partial charge in [-0.3, -0.25) is 9.79 Å². The molecule has 0 radical (unpaired) electrons. The molecule has 0 heterocycles. The molecule has 28 heavy (non-hydrogen) atoms. The first-order valence-corrected chi connectivity index (χ1v) is 10.1. The van der Waals surface area contributed by atoms with Gasteiger partial charge in [0.15, 0.2) is 5.96 Å². The molecule has 1 aromatic rings. The molecule has 6 nitrogen and oxygen atoms in total. The summed E-state index contributed by atoms with van der Waals surface area (Å²) in [5.41, 5.74) is 1.62. The Morgan fingerprint density at radius 1 is 1.32 bits per heavy atom. The highest BCUT2D eigenvalue weighted by Crippen LogP contribution is 2.28. The lowest BCUT2D eigenvalue weighted by Crippen LogP contribution is -2.38. The molecular formula is C20H32ClIN4O2. The number of hydrogen-bond acceptors (Lipinski definition) is 3. The van der Waals surface area contributed by atoms with Crippen LogP contribution >= 0.6 is 35.6 Å². The van der Waals surface area contributed by atoms with Gasteiger partial charge in [-0.2, -0.15) is 0 Å². The lowest BCUT2D eigenvalue weighted by molar-refractivity contribution is -0.116. The van der Waals surface area contributed by atoms with E-state index in [0.717, 1.165) is 49.3 Å². The van der Waals surface area contributed by atoms with Crippen molar-refractivity contribution in [3.63, 3.8) is 0 Å². The van der Waals surface area contributed by atoms with Gasteiger partial charge in [-0.25, -0.2) is 0 Å². The van der Waals surface area contributed by atoms with Crippen LogP contribution in [0.5, 0.6) is 0 Å². The number of ether oxygens (including phenoxy) is 1. The maximum atomic E-state index is 12.1. The standard InChI is InChI=1S/C20H31ClN4O2.HI/c1-3-22-20(23-11-5-13-27-14-16-8-9-16)24-12-10-19(26)25-18-7-4-6-17(21)15(18)2;/h4,6-7,16H,3,5,8-14H2,1-2H3,(H,25,26)(H2,22,23,24);1H. The zero-order chi connectivity index (χ0) is 19.5. The topological polar surface area (TPSA) is 74.8 Å². The largest absolute Gasteiger partial charge is 0.381 e. The van der Waals surface area contributed by atoms with Gasteiger partial charge in [0.1, 0.15) is 0 Å². The molecule has 0 aromatic heterocycles. The molecule has 1 amide bonds. The third-order valence-corrected chi connectivity index (χ3v) is 4.71. The number of rotatable bonds is 11. The monoisotopic (exact) mass is 522 g/mol. The van der Waals surface area contributed by atoms with Crippen molar-refractivity contribution in [1.82, 2.24) is 10.6 Å². The second-order valence-corrected chi connectivity index (χ2v) is 7.18. The van der Waals surface area contributed by atoms with E-state index in [-0.39, 0.29) is 29.9 Å². The summed E-state index contributed by atoms with van der Waals surface area (Å²) in [4.78, 5) is 16.7. The van der Waals surface area contributed by atoms with Crippen LogP contribution in [0.15, 0.2) is 23.2 Å². The van der Waals surface area contributed by atoms with Gasteiger partial charge >= 0.3 is 0 Å². The van der Waals surface area contributed by atoms with Crippen LogP contribution in [-0.4, -0.2) is 44.7 Å². The number of carbonyl (C=O) groups is 1. The first kappa shape index (κ1) is 25.0. The molecule has 1 aliphatic rings. The van der Waals surface area contributed by atoms with Crippen molar-refractivity contribution in [1.29, 1.82) is 0 Å². The van der Waals surface area contributed by atoms with E-state index < -0.39 is 0 Å². The predicted molar refractivity (Wildman–Crippen MR) is 127 cm³/mol. The maximum absolute atomic E-state index is 12.1. The number of halogens is 2. The summed E-state index contributed by atoms with van der Waals surface area (Å²) in [5.74, 6) is 1.47. The van der Waals surface area contributed by atoms with Crippen LogP contribution in [-0.2, 0) is 9.53 Å². The predicted octanol–water partition coefficient (Wildman–Crippen LogP) is 3.97. The summed E-state index contributed by atoms with van der Waals surface area (Å²) in [6.07, 6.45) is 3.88. The van der Waals surface area contributed by atoms with E-state index in [1.165, 1.54) is 12.8 Å². The molecule has 1 aliphatic carbocycles. The van der Waals surface area contributed by atoms with Crippen LogP contribution in [0, 0.1) is 12.8 Å². The molecular weight excluding hydrogens is 491 g/mol. The third kappa shape index (κ3) is 9.93. The highest BCUT2D eigenvalue weighted by atomic mass is 127. The Bertz CT molecular complexity index is 639. The van der Waals surface area contributed by atoms with E-state index in [9.17, 15) is 4.79 Å². The minimum absolute atomic E-state index is 0. The number of amides is 1. The Labute approximate surface area is 190 Å². The molecule has 0 bridgehead atoms. The SMILES string of the molecule is CCNC(=NCCCOCC1CC1)NCCC(=O)Nc1cccc(Cl)c1C.I. The Hall–Kier alpha value is -1.06. The first-order chi connectivity index (χ1) is 13.1. The highest BCUT2D eigenvalue weighted by molar-refractivity contribution is 14.0. The van der Waals surface area contributed by atoms with Crippen molar-refractivity contribution in [2.75, 3.05) is 38.2 Å². The molecule has 0 atom stereocenters. The zero-order valence-electron chi connectivity index (χ0n) is 16.7. The number of hydrogen-bond donors (Lipinski definition) is 3. The van der Waals surface area contributed by atoms with Crippen LogP contribution in [0.4, 0.5) is 5.69 Å². The molecule has 0 spiro atoms. The highest BCUT2D eigenvalue weighted by Gasteiger charge is 2.20. The lowest BCUT2D eigenvalue weighted by Gasteiger charge is -2.12. The minimum atomic E-state index is -0.0582. The van der Waals surface area contributed by atoms with Crippen molar-refractivity contribution in [2.24, 2.45) is 10.9 Å². The van der Waals surface area contributed by atoms with Crippen molar-refractivity contribution >= 4 is 53.1 Å².